The second-order valence-electron chi connectivity index (χ2n) is 3.64. The monoisotopic (exact) mass is 194 g/mol. The van der Waals surface area contributed by atoms with Crippen molar-refractivity contribution >= 4 is 0 Å². The minimum atomic E-state index is 0.605. The SMILES string of the molecule is C=CCOC/C(C)=C/CCC(C)C=C. The fourth-order valence-corrected chi connectivity index (χ4v) is 1.07. The van der Waals surface area contributed by atoms with Crippen LogP contribution in [0.4, 0.5) is 0 Å². The van der Waals surface area contributed by atoms with E-state index in [4.69, 9.17) is 4.74 Å². The van der Waals surface area contributed by atoms with Crippen molar-refractivity contribution in [3.63, 3.8) is 0 Å². The van der Waals surface area contributed by atoms with Gasteiger partial charge in [-0.1, -0.05) is 30.7 Å². The summed E-state index contributed by atoms with van der Waals surface area (Å²) in [5.74, 6) is 0.605. The van der Waals surface area contributed by atoms with Gasteiger partial charge in [-0.15, -0.1) is 13.2 Å². The van der Waals surface area contributed by atoms with Crippen LogP contribution in [0.25, 0.3) is 0 Å². The van der Waals surface area contributed by atoms with Crippen LogP contribution in [0, 0.1) is 5.92 Å². The normalized spacial score (nSPS) is 13.7. The molecule has 0 aliphatic carbocycles. The Morgan fingerprint density at radius 3 is 2.71 bits per heavy atom. The van der Waals surface area contributed by atoms with Crippen molar-refractivity contribution in [2.45, 2.75) is 26.7 Å². The van der Waals surface area contributed by atoms with E-state index in [1.165, 1.54) is 12.0 Å². The van der Waals surface area contributed by atoms with Crippen LogP contribution in [0.15, 0.2) is 37.0 Å². The quantitative estimate of drug-likeness (QED) is 0.422. The number of hydrogen-bond acceptors (Lipinski definition) is 1. The van der Waals surface area contributed by atoms with Crippen LogP contribution >= 0.6 is 0 Å². The number of hydrogen-bond donors (Lipinski definition) is 0. The maximum atomic E-state index is 5.32. The van der Waals surface area contributed by atoms with Crippen molar-refractivity contribution in [1.29, 1.82) is 0 Å². The number of allylic oxidation sites excluding steroid dienone is 2. The third-order valence-electron chi connectivity index (χ3n) is 2.08. The fraction of sp³-hybridized carbons (Fsp3) is 0.538. The van der Waals surface area contributed by atoms with E-state index in [2.05, 4.69) is 33.1 Å². The van der Waals surface area contributed by atoms with Crippen LogP contribution < -0.4 is 0 Å². The molecule has 0 heterocycles. The molecule has 0 aliphatic rings. The van der Waals surface area contributed by atoms with E-state index >= 15 is 0 Å². The molecule has 0 saturated heterocycles. The van der Waals surface area contributed by atoms with E-state index in [1.807, 2.05) is 6.08 Å². The Kier molecular flexibility index (Phi) is 8.25. The lowest BCUT2D eigenvalue weighted by molar-refractivity contribution is 0.187. The molecule has 0 aliphatic heterocycles. The van der Waals surface area contributed by atoms with E-state index in [1.54, 1.807) is 6.08 Å². The highest BCUT2D eigenvalue weighted by molar-refractivity contribution is 4.98. The van der Waals surface area contributed by atoms with Crippen molar-refractivity contribution in [3.05, 3.63) is 37.0 Å². The van der Waals surface area contributed by atoms with Gasteiger partial charge in [-0.25, -0.2) is 0 Å². The summed E-state index contributed by atoms with van der Waals surface area (Å²) in [6, 6.07) is 0. The zero-order chi connectivity index (χ0) is 10.8. The lowest BCUT2D eigenvalue weighted by Gasteiger charge is -2.04. The summed E-state index contributed by atoms with van der Waals surface area (Å²) in [4.78, 5) is 0. The van der Waals surface area contributed by atoms with Crippen LogP contribution in [-0.4, -0.2) is 13.2 Å². The Hall–Kier alpha value is -0.820. The predicted molar refractivity (Wildman–Crippen MR) is 63.4 cm³/mol. The van der Waals surface area contributed by atoms with E-state index in [0.717, 1.165) is 6.42 Å². The highest BCUT2D eigenvalue weighted by Crippen LogP contribution is 2.08. The summed E-state index contributed by atoms with van der Waals surface area (Å²) in [5, 5.41) is 0. The lowest BCUT2D eigenvalue weighted by Crippen LogP contribution is -1.95. The molecule has 0 N–H and O–H groups in total. The first-order valence-electron chi connectivity index (χ1n) is 5.17. The molecular weight excluding hydrogens is 172 g/mol. The molecular formula is C13H22O. The molecule has 1 heteroatoms. The second kappa shape index (κ2) is 8.76. The maximum Gasteiger partial charge on any atom is 0.0678 e. The minimum absolute atomic E-state index is 0.605. The minimum Gasteiger partial charge on any atom is -0.373 e. The van der Waals surface area contributed by atoms with Crippen LogP contribution in [0.2, 0.25) is 0 Å². The van der Waals surface area contributed by atoms with E-state index < -0.39 is 0 Å². The average Bonchev–Trinajstić information content (AvgIpc) is 2.18. The van der Waals surface area contributed by atoms with E-state index in [-0.39, 0.29) is 0 Å². The molecule has 0 fully saturated rings. The van der Waals surface area contributed by atoms with Gasteiger partial charge in [-0.2, -0.15) is 0 Å². The molecule has 0 spiro atoms. The third-order valence-corrected chi connectivity index (χ3v) is 2.08. The van der Waals surface area contributed by atoms with Gasteiger partial charge in [-0.05, 0) is 25.7 Å². The van der Waals surface area contributed by atoms with Gasteiger partial charge in [0, 0.05) is 0 Å². The topological polar surface area (TPSA) is 9.23 Å². The summed E-state index contributed by atoms with van der Waals surface area (Å²) < 4.78 is 5.32. The molecule has 80 valence electrons. The van der Waals surface area contributed by atoms with Gasteiger partial charge in [0.25, 0.3) is 0 Å². The molecule has 0 aromatic rings. The first kappa shape index (κ1) is 13.2. The zero-order valence-corrected chi connectivity index (χ0v) is 9.46. The molecule has 1 nitrogen and oxygen atoms in total. The van der Waals surface area contributed by atoms with Crippen molar-refractivity contribution in [3.8, 4) is 0 Å². The van der Waals surface area contributed by atoms with Gasteiger partial charge in [0.1, 0.15) is 0 Å². The van der Waals surface area contributed by atoms with E-state index in [9.17, 15) is 0 Å². The summed E-state index contributed by atoms with van der Waals surface area (Å²) in [6.07, 6.45) is 8.28. The molecule has 1 atom stereocenters. The lowest BCUT2D eigenvalue weighted by atomic mass is 10.1. The fourth-order valence-electron chi connectivity index (χ4n) is 1.07. The first-order valence-corrected chi connectivity index (χ1v) is 5.17. The van der Waals surface area contributed by atoms with Gasteiger partial charge in [0.05, 0.1) is 13.2 Å². The van der Waals surface area contributed by atoms with Crippen molar-refractivity contribution in [2.24, 2.45) is 5.92 Å². The Labute approximate surface area is 88.2 Å². The first-order chi connectivity index (χ1) is 6.70. The van der Waals surface area contributed by atoms with Crippen molar-refractivity contribution in [2.75, 3.05) is 13.2 Å². The summed E-state index contributed by atoms with van der Waals surface area (Å²) in [7, 11) is 0. The van der Waals surface area contributed by atoms with Gasteiger partial charge in [0.15, 0.2) is 0 Å². The van der Waals surface area contributed by atoms with Crippen LogP contribution in [0.3, 0.4) is 0 Å². The molecule has 0 radical (unpaired) electrons. The Morgan fingerprint density at radius 1 is 1.43 bits per heavy atom. The molecule has 0 rings (SSSR count). The summed E-state index contributed by atoms with van der Waals surface area (Å²) >= 11 is 0. The van der Waals surface area contributed by atoms with Gasteiger partial charge < -0.3 is 4.74 Å². The number of ether oxygens (including phenoxy) is 1. The molecule has 0 aromatic heterocycles. The molecule has 14 heavy (non-hydrogen) atoms. The van der Waals surface area contributed by atoms with Crippen molar-refractivity contribution < 1.29 is 4.74 Å². The zero-order valence-electron chi connectivity index (χ0n) is 9.46. The van der Waals surface area contributed by atoms with Gasteiger partial charge in [0.2, 0.25) is 0 Å². The average molecular weight is 194 g/mol. The van der Waals surface area contributed by atoms with Crippen LogP contribution in [-0.2, 0) is 4.74 Å². The predicted octanol–water partition coefficient (Wildman–Crippen LogP) is 3.74. The molecule has 0 aromatic carbocycles. The summed E-state index contributed by atoms with van der Waals surface area (Å²) in [6.45, 7) is 13.0. The van der Waals surface area contributed by atoms with E-state index in [0.29, 0.717) is 19.1 Å². The molecule has 0 amide bonds. The Balaban J connectivity index is 3.54. The third kappa shape index (κ3) is 7.81. The Bertz CT molecular complexity index is 191. The van der Waals surface area contributed by atoms with Crippen LogP contribution in [0.5, 0.6) is 0 Å². The maximum absolute atomic E-state index is 5.32. The largest absolute Gasteiger partial charge is 0.373 e. The standard InChI is InChI=1S/C13H22O/c1-5-10-14-11-13(4)9-7-8-12(3)6-2/h5-6,9,12H,1-2,7-8,10-11H2,3-4H3/b13-9+. The molecule has 0 bridgehead atoms. The summed E-state index contributed by atoms with van der Waals surface area (Å²) in [5.41, 5.74) is 1.29. The number of rotatable bonds is 8. The van der Waals surface area contributed by atoms with Crippen LogP contribution in [0.1, 0.15) is 26.7 Å². The highest BCUT2D eigenvalue weighted by atomic mass is 16.5. The second-order valence-corrected chi connectivity index (χ2v) is 3.64. The molecule has 0 saturated carbocycles. The van der Waals surface area contributed by atoms with Gasteiger partial charge >= 0.3 is 0 Å². The highest BCUT2D eigenvalue weighted by Gasteiger charge is 1.94. The Morgan fingerprint density at radius 2 is 2.14 bits per heavy atom. The van der Waals surface area contributed by atoms with Crippen molar-refractivity contribution in [1.82, 2.24) is 0 Å². The molecule has 1 unspecified atom stereocenters. The van der Waals surface area contributed by atoms with Gasteiger partial charge in [-0.3, -0.25) is 0 Å². The smallest absolute Gasteiger partial charge is 0.0678 e.